The summed E-state index contributed by atoms with van der Waals surface area (Å²) >= 11 is 0. The molecule has 0 aromatic carbocycles. The number of nitrogens with two attached hydrogens (primary N) is 1. The lowest BCUT2D eigenvalue weighted by Gasteiger charge is -2.39. The second-order valence-corrected chi connectivity index (χ2v) is 7.04. The van der Waals surface area contributed by atoms with Gasteiger partial charge in [-0.05, 0) is 6.08 Å². The third-order valence-corrected chi connectivity index (χ3v) is 4.43. The van der Waals surface area contributed by atoms with Crippen molar-refractivity contribution in [2.24, 2.45) is 10.7 Å². The lowest BCUT2D eigenvalue weighted by molar-refractivity contribution is -0.164. The molecule has 6 atom stereocenters. The Labute approximate surface area is 194 Å². The van der Waals surface area contributed by atoms with Crippen molar-refractivity contribution in [3.63, 3.8) is 0 Å². The molecule has 0 radical (unpaired) electrons. The van der Waals surface area contributed by atoms with Gasteiger partial charge in [-0.15, -0.1) is 0 Å². The first-order valence-electron chi connectivity index (χ1n) is 10.1. The molecule has 0 spiro atoms. The minimum atomic E-state index is -1.50. The van der Waals surface area contributed by atoms with Gasteiger partial charge in [0.15, 0.2) is 12.1 Å². The second kappa shape index (κ2) is 13.3. The molecule has 15 heteroatoms. The molecule has 0 saturated carbocycles. The molecule has 0 saturated heterocycles. The van der Waals surface area contributed by atoms with Crippen LogP contribution in [0.2, 0.25) is 0 Å². The van der Waals surface area contributed by atoms with Crippen LogP contribution in [-0.4, -0.2) is 95.6 Å². The topological polar surface area (TPSA) is 228 Å². The molecule has 1 aliphatic rings. The number of methoxy groups -OCH3 is 1. The number of esters is 1. The maximum absolute atomic E-state index is 12.0. The number of nitrogens with one attached hydrogen (secondary N) is 2. The molecule has 34 heavy (non-hydrogen) atoms. The Hall–Kier alpha value is -3.43. The van der Waals surface area contributed by atoms with Crippen LogP contribution in [0.4, 0.5) is 4.79 Å². The number of aliphatic carboxylic acids is 1. The van der Waals surface area contributed by atoms with Crippen LogP contribution in [0.1, 0.15) is 27.2 Å². The molecule has 0 aliphatic carbocycles. The zero-order valence-electron chi connectivity index (χ0n) is 19.1. The van der Waals surface area contributed by atoms with Crippen molar-refractivity contribution in [2.75, 3.05) is 13.7 Å². The molecular formula is C19H30N4O11. The van der Waals surface area contributed by atoms with Crippen molar-refractivity contribution >= 4 is 29.9 Å². The van der Waals surface area contributed by atoms with Crippen molar-refractivity contribution in [2.45, 2.75) is 63.9 Å². The molecule has 1 aliphatic heterocycles. The third-order valence-electron chi connectivity index (χ3n) is 4.43. The van der Waals surface area contributed by atoms with E-state index in [1.807, 2.05) is 0 Å². The average molecular weight is 490 g/mol. The number of rotatable bonds is 10. The van der Waals surface area contributed by atoms with Gasteiger partial charge in [-0.25, -0.2) is 14.6 Å². The summed E-state index contributed by atoms with van der Waals surface area (Å²) in [5, 5.41) is 33.4. The number of guanidine groups is 1. The van der Waals surface area contributed by atoms with Crippen LogP contribution >= 0.6 is 0 Å². The number of carbonyl (C=O) groups is 4. The normalized spacial score (nSPS) is 22.8. The zero-order chi connectivity index (χ0) is 26.0. The van der Waals surface area contributed by atoms with Gasteiger partial charge < -0.3 is 45.3 Å². The van der Waals surface area contributed by atoms with E-state index in [1.165, 1.54) is 21.0 Å². The number of nitrogens with zero attached hydrogens (tertiary/aromatic N) is 1. The van der Waals surface area contributed by atoms with Crippen molar-refractivity contribution < 1.29 is 53.4 Å². The number of amides is 2. The summed E-state index contributed by atoms with van der Waals surface area (Å²) in [5.41, 5.74) is 5.74. The number of carbonyl (C=O) groups excluding carboxylic acids is 3. The monoisotopic (exact) mass is 490 g/mol. The first kappa shape index (κ1) is 28.6. The Morgan fingerprint density at radius 2 is 1.94 bits per heavy atom. The SMILES string of the molecule is CCC(=O)OC(C)OC(=O)NC(N)=N[C@H]1C=C(C(=O)O)O[C@@H]([C@H](OC)[C@H](O)CO)[C@@H]1NC(C)=O. The van der Waals surface area contributed by atoms with E-state index in [4.69, 9.17) is 24.7 Å². The largest absolute Gasteiger partial charge is 0.478 e. The van der Waals surface area contributed by atoms with E-state index < -0.39 is 79.0 Å². The summed E-state index contributed by atoms with van der Waals surface area (Å²) in [4.78, 5) is 50.6. The Morgan fingerprint density at radius 3 is 2.44 bits per heavy atom. The van der Waals surface area contributed by atoms with Crippen molar-refractivity contribution in [3.8, 4) is 0 Å². The number of aliphatic imine (C=N–C) groups is 1. The van der Waals surface area contributed by atoms with Gasteiger partial charge in [0.25, 0.3) is 0 Å². The summed E-state index contributed by atoms with van der Waals surface area (Å²) in [7, 11) is 1.19. The van der Waals surface area contributed by atoms with E-state index in [1.54, 1.807) is 6.92 Å². The number of aliphatic hydroxyl groups excluding tert-OH is 2. The number of hydrogen-bond donors (Lipinski definition) is 6. The lowest BCUT2D eigenvalue weighted by Crippen LogP contribution is -2.60. The van der Waals surface area contributed by atoms with Crippen LogP contribution in [0.5, 0.6) is 0 Å². The fourth-order valence-corrected chi connectivity index (χ4v) is 3.01. The molecule has 7 N–H and O–H groups in total. The molecule has 1 rings (SSSR count). The molecule has 0 fully saturated rings. The summed E-state index contributed by atoms with van der Waals surface area (Å²) in [6, 6.07) is -2.35. The number of aliphatic hydroxyl groups is 2. The molecule has 2 amide bonds. The molecule has 0 aromatic rings. The summed E-state index contributed by atoms with van der Waals surface area (Å²) in [5.74, 6) is -3.77. The van der Waals surface area contributed by atoms with Gasteiger partial charge >= 0.3 is 18.0 Å². The van der Waals surface area contributed by atoms with Gasteiger partial charge in [0, 0.05) is 27.4 Å². The van der Waals surface area contributed by atoms with Crippen LogP contribution in [0, 0.1) is 0 Å². The first-order chi connectivity index (χ1) is 15.9. The summed E-state index contributed by atoms with van der Waals surface area (Å²) in [6.07, 6.45) is -5.35. The molecule has 192 valence electrons. The Morgan fingerprint density at radius 1 is 1.29 bits per heavy atom. The molecule has 0 aromatic heterocycles. The van der Waals surface area contributed by atoms with Gasteiger partial charge in [0.1, 0.15) is 12.2 Å². The lowest BCUT2D eigenvalue weighted by atomic mass is 9.92. The van der Waals surface area contributed by atoms with Gasteiger partial charge in [-0.3, -0.25) is 14.9 Å². The van der Waals surface area contributed by atoms with E-state index in [0.29, 0.717) is 0 Å². The van der Waals surface area contributed by atoms with E-state index in [9.17, 15) is 34.5 Å². The van der Waals surface area contributed by atoms with Crippen LogP contribution in [0.3, 0.4) is 0 Å². The summed E-state index contributed by atoms with van der Waals surface area (Å²) in [6.45, 7) is 3.28. The minimum absolute atomic E-state index is 0.0695. The van der Waals surface area contributed by atoms with Crippen LogP contribution in [0.25, 0.3) is 0 Å². The van der Waals surface area contributed by atoms with E-state index in [0.717, 1.165) is 6.08 Å². The van der Waals surface area contributed by atoms with Gasteiger partial charge in [0.05, 0.1) is 18.7 Å². The third kappa shape index (κ3) is 8.49. The highest BCUT2D eigenvalue weighted by atomic mass is 16.7. The van der Waals surface area contributed by atoms with Crippen LogP contribution in [0.15, 0.2) is 16.8 Å². The fourth-order valence-electron chi connectivity index (χ4n) is 3.01. The van der Waals surface area contributed by atoms with E-state index in [-0.39, 0.29) is 6.42 Å². The number of hydrogen-bond acceptors (Lipinski definition) is 11. The van der Waals surface area contributed by atoms with Crippen LogP contribution < -0.4 is 16.4 Å². The zero-order valence-corrected chi connectivity index (χ0v) is 19.1. The van der Waals surface area contributed by atoms with Crippen molar-refractivity contribution in [3.05, 3.63) is 11.8 Å². The Balaban J connectivity index is 3.20. The van der Waals surface area contributed by atoms with Gasteiger partial charge in [-0.2, -0.15) is 0 Å². The van der Waals surface area contributed by atoms with Gasteiger partial charge in [-0.1, -0.05) is 6.92 Å². The molecule has 1 unspecified atom stereocenters. The standard InChI is InChI=1S/C19H30N4O11/c1-5-13(27)32-9(3)33-19(30)23-18(20)22-10-6-12(17(28)29)34-16(14(10)21-8(2)25)15(31-4)11(26)7-24/h6,9-11,14-16,24,26H,5,7H2,1-4H3,(H,21,25)(H,28,29)(H3,20,22,23,30)/t9?,10-,11+,14+,15+,16+/m0/s1. The van der Waals surface area contributed by atoms with Gasteiger partial charge in [0.2, 0.25) is 18.0 Å². The number of carboxylic acid groups (broad SMARTS) is 1. The molecule has 15 nitrogen and oxygen atoms in total. The molecular weight excluding hydrogens is 460 g/mol. The average Bonchev–Trinajstić information content (AvgIpc) is 2.74. The first-order valence-corrected chi connectivity index (χ1v) is 10.1. The highest BCUT2D eigenvalue weighted by Crippen LogP contribution is 2.26. The number of ether oxygens (including phenoxy) is 4. The molecule has 1 heterocycles. The quantitative estimate of drug-likeness (QED) is 0.0840. The minimum Gasteiger partial charge on any atom is -0.478 e. The number of alkyl carbamates (subject to hydrolysis) is 1. The highest BCUT2D eigenvalue weighted by Gasteiger charge is 2.44. The smallest absolute Gasteiger partial charge is 0.417 e. The Kier molecular flexibility index (Phi) is 11.2. The van der Waals surface area contributed by atoms with E-state index >= 15 is 0 Å². The maximum atomic E-state index is 12.0. The fraction of sp³-hybridized carbons (Fsp3) is 0.632. The molecule has 0 bridgehead atoms. The maximum Gasteiger partial charge on any atom is 0.417 e. The van der Waals surface area contributed by atoms with E-state index in [2.05, 4.69) is 15.6 Å². The predicted octanol–water partition coefficient (Wildman–Crippen LogP) is -2.06. The predicted molar refractivity (Wildman–Crippen MR) is 113 cm³/mol. The van der Waals surface area contributed by atoms with Crippen LogP contribution in [-0.2, 0) is 33.3 Å². The summed E-state index contributed by atoms with van der Waals surface area (Å²) < 4.78 is 20.2. The highest BCUT2D eigenvalue weighted by molar-refractivity contribution is 5.93. The number of carboxylic acids is 1. The van der Waals surface area contributed by atoms with Crippen molar-refractivity contribution in [1.82, 2.24) is 10.6 Å². The second-order valence-electron chi connectivity index (χ2n) is 7.04. The van der Waals surface area contributed by atoms with Crippen molar-refractivity contribution in [1.29, 1.82) is 0 Å². The Bertz CT molecular complexity index is 816.